The van der Waals surface area contributed by atoms with Gasteiger partial charge in [-0.1, -0.05) is 11.8 Å². The van der Waals surface area contributed by atoms with Crippen molar-refractivity contribution in [2.45, 2.75) is 6.10 Å². The number of hydrogen-bond donors (Lipinski definition) is 2. The Kier molecular flexibility index (Phi) is 3.18. The van der Waals surface area contributed by atoms with Crippen molar-refractivity contribution in [3.05, 3.63) is 0 Å². The SMILES string of the molecule is N/N=C\N=C(N)SCC1CO1. The molecule has 62 valence electrons. The van der Waals surface area contributed by atoms with Crippen LogP contribution < -0.4 is 11.6 Å². The number of nitrogens with two attached hydrogens (primary N) is 2. The van der Waals surface area contributed by atoms with Crippen molar-refractivity contribution in [1.29, 1.82) is 0 Å². The molecular weight excluding hydrogens is 164 g/mol. The van der Waals surface area contributed by atoms with E-state index in [0.29, 0.717) is 11.3 Å². The first kappa shape index (κ1) is 8.35. The van der Waals surface area contributed by atoms with E-state index in [9.17, 15) is 0 Å². The van der Waals surface area contributed by atoms with E-state index in [1.807, 2.05) is 0 Å². The molecule has 1 aliphatic heterocycles. The Hall–Kier alpha value is -0.750. The Morgan fingerprint density at radius 1 is 1.82 bits per heavy atom. The molecule has 5 nitrogen and oxygen atoms in total. The van der Waals surface area contributed by atoms with Crippen LogP contribution in [0.4, 0.5) is 0 Å². The lowest BCUT2D eigenvalue weighted by Gasteiger charge is -1.93. The molecular formula is C5H10N4OS. The highest BCUT2D eigenvalue weighted by Crippen LogP contribution is 2.15. The van der Waals surface area contributed by atoms with Gasteiger partial charge < -0.3 is 16.3 Å². The van der Waals surface area contributed by atoms with E-state index in [-0.39, 0.29) is 0 Å². The van der Waals surface area contributed by atoms with Gasteiger partial charge in [-0.25, -0.2) is 4.99 Å². The number of epoxide rings is 1. The molecule has 0 aromatic rings. The monoisotopic (exact) mass is 174 g/mol. The van der Waals surface area contributed by atoms with Crippen LogP contribution in [0.5, 0.6) is 0 Å². The predicted molar refractivity (Wildman–Crippen MR) is 46.5 cm³/mol. The van der Waals surface area contributed by atoms with Crippen LogP contribution in [0.3, 0.4) is 0 Å². The number of hydrogen-bond acceptors (Lipinski definition) is 4. The first-order valence-corrected chi connectivity index (χ1v) is 4.11. The second kappa shape index (κ2) is 4.20. The molecule has 0 aliphatic carbocycles. The van der Waals surface area contributed by atoms with Gasteiger partial charge in [-0.05, 0) is 0 Å². The third-order valence-corrected chi connectivity index (χ3v) is 2.01. The van der Waals surface area contributed by atoms with Crippen LogP contribution in [0.2, 0.25) is 0 Å². The Bertz CT molecular complexity index is 177. The van der Waals surface area contributed by atoms with Gasteiger partial charge in [0, 0.05) is 5.75 Å². The summed E-state index contributed by atoms with van der Waals surface area (Å²) < 4.78 is 4.97. The second-order valence-corrected chi connectivity index (χ2v) is 3.04. The quantitative estimate of drug-likeness (QED) is 0.195. The van der Waals surface area contributed by atoms with Crippen LogP contribution in [-0.4, -0.2) is 30.0 Å². The topological polar surface area (TPSA) is 89.3 Å². The molecule has 6 heteroatoms. The van der Waals surface area contributed by atoms with E-state index >= 15 is 0 Å². The van der Waals surface area contributed by atoms with Gasteiger partial charge in [0.15, 0.2) is 5.17 Å². The fraction of sp³-hybridized carbons (Fsp3) is 0.600. The van der Waals surface area contributed by atoms with Crippen LogP contribution in [0.25, 0.3) is 0 Å². The molecule has 0 aromatic heterocycles. The normalized spacial score (nSPS) is 24.4. The lowest BCUT2D eigenvalue weighted by atomic mass is 10.6. The summed E-state index contributed by atoms with van der Waals surface area (Å²) in [6, 6.07) is 0. The van der Waals surface area contributed by atoms with E-state index < -0.39 is 0 Å². The smallest absolute Gasteiger partial charge is 0.160 e. The predicted octanol–water partition coefficient (Wildman–Crippen LogP) is -0.665. The minimum Gasteiger partial charge on any atom is -0.378 e. The maximum atomic E-state index is 5.45. The van der Waals surface area contributed by atoms with E-state index in [2.05, 4.69) is 10.1 Å². The summed E-state index contributed by atoms with van der Waals surface area (Å²) in [6.45, 7) is 0.839. The Balaban J connectivity index is 2.12. The fourth-order valence-corrected chi connectivity index (χ4v) is 1.14. The number of aliphatic imine (C=N–C) groups is 1. The maximum absolute atomic E-state index is 5.45. The van der Waals surface area contributed by atoms with E-state index in [1.165, 1.54) is 18.1 Å². The highest BCUT2D eigenvalue weighted by Gasteiger charge is 2.22. The van der Waals surface area contributed by atoms with E-state index in [1.54, 1.807) is 0 Å². The zero-order valence-electron chi connectivity index (χ0n) is 5.93. The van der Waals surface area contributed by atoms with Crippen molar-refractivity contribution in [2.24, 2.45) is 21.7 Å². The molecule has 4 N–H and O–H groups in total. The van der Waals surface area contributed by atoms with Gasteiger partial charge in [0.2, 0.25) is 0 Å². The molecule has 0 saturated carbocycles. The van der Waals surface area contributed by atoms with E-state index in [0.717, 1.165) is 12.4 Å². The highest BCUT2D eigenvalue weighted by atomic mass is 32.2. The summed E-state index contributed by atoms with van der Waals surface area (Å²) in [6.07, 6.45) is 1.58. The third kappa shape index (κ3) is 3.84. The summed E-state index contributed by atoms with van der Waals surface area (Å²) in [5.41, 5.74) is 5.45. The summed E-state index contributed by atoms with van der Waals surface area (Å²) >= 11 is 1.44. The molecule has 1 fully saturated rings. The van der Waals surface area contributed by atoms with Crippen molar-refractivity contribution < 1.29 is 4.74 Å². The molecule has 0 spiro atoms. The lowest BCUT2D eigenvalue weighted by Crippen LogP contribution is -2.09. The first-order chi connectivity index (χ1) is 5.33. The van der Waals surface area contributed by atoms with Crippen LogP contribution >= 0.6 is 11.8 Å². The van der Waals surface area contributed by atoms with Gasteiger partial charge in [-0.2, -0.15) is 5.10 Å². The van der Waals surface area contributed by atoms with Crippen LogP contribution in [0.1, 0.15) is 0 Å². The molecule has 1 saturated heterocycles. The molecule has 11 heavy (non-hydrogen) atoms. The fourth-order valence-electron chi connectivity index (χ4n) is 0.470. The summed E-state index contributed by atoms with van der Waals surface area (Å²) in [7, 11) is 0. The summed E-state index contributed by atoms with van der Waals surface area (Å²) in [5.74, 6) is 5.67. The highest BCUT2D eigenvalue weighted by molar-refractivity contribution is 8.13. The molecule has 1 rings (SSSR count). The van der Waals surface area contributed by atoms with Crippen molar-refractivity contribution in [2.75, 3.05) is 12.4 Å². The molecule has 1 unspecified atom stereocenters. The number of rotatable bonds is 3. The van der Waals surface area contributed by atoms with Gasteiger partial charge >= 0.3 is 0 Å². The van der Waals surface area contributed by atoms with Crippen molar-refractivity contribution in [3.8, 4) is 0 Å². The molecule has 1 aliphatic rings. The summed E-state index contributed by atoms with van der Waals surface area (Å²) in [4.78, 5) is 3.73. The van der Waals surface area contributed by atoms with Crippen LogP contribution in [0.15, 0.2) is 10.1 Å². The Labute approximate surface area is 68.9 Å². The Morgan fingerprint density at radius 2 is 2.55 bits per heavy atom. The second-order valence-electron chi connectivity index (χ2n) is 2.00. The number of hydrazone groups is 1. The minimum absolute atomic E-state index is 0.364. The molecule has 0 radical (unpaired) electrons. The molecule has 0 amide bonds. The van der Waals surface area contributed by atoms with Crippen molar-refractivity contribution in [3.63, 3.8) is 0 Å². The van der Waals surface area contributed by atoms with Gasteiger partial charge in [0.25, 0.3) is 0 Å². The zero-order valence-corrected chi connectivity index (χ0v) is 6.75. The van der Waals surface area contributed by atoms with Gasteiger partial charge in [-0.3, -0.25) is 0 Å². The molecule has 0 bridgehead atoms. The van der Waals surface area contributed by atoms with Crippen LogP contribution in [-0.2, 0) is 4.74 Å². The number of amidine groups is 1. The largest absolute Gasteiger partial charge is 0.378 e. The summed E-state index contributed by atoms with van der Waals surface area (Å²) in [5, 5.41) is 3.65. The number of nitrogens with zero attached hydrogens (tertiary/aromatic N) is 2. The van der Waals surface area contributed by atoms with Crippen molar-refractivity contribution >= 4 is 23.3 Å². The van der Waals surface area contributed by atoms with E-state index in [4.69, 9.17) is 16.3 Å². The first-order valence-electron chi connectivity index (χ1n) is 3.12. The lowest BCUT2D eigenvalue weighted by molar-refractivity contribution is 0.426. The standard InChI is InChI=1S/C5H10N4OS/c6-5(8-3-9-7)11-2-4-1-10-4/h3-4H,1-2,7H2,(H2,6,8,9). The maximum Gasteiger partial charge on any atom is 0.160 e. The number of thioether (sulfide) groups is 1. The average molecular weight is 174 g/mol. The zero-order chi connectivity index (χ0) is 8.10. The van der Waals surface area contributed by atoms with Crippen LogP contribution in [0, 0.1) is 0 Å². The van der Waals surface area contributed by atoms with Gasteiger partial charge in [0.1, 0.15) is 6.34 Å². The third-order valence-electron chi connectivity index (χ3n) is 1.07. The molecule has 1 atom stereocenters. The number of ether oxygens (including phenoxy) is 1. The Morgan fingerprint density at radius 3 is 3.09 bits per heavy atom. The average Bonchev–Trinajstić information content (AvgIpc) is 2.80. The molecule has 1 heterocycles. The van der Waals surface area contributed by atoms with Gasteiger partial charge in [0.05, 0.1) is 12.7 Å². The van der Waals surface area contributed by atoms with Gasteiger partial charge in [-0.15, -0.1) is 0 Å². The minimum atomic E-state index is 0.364. The molecule has 0 aromatic carbocycles. The van der Waals surface area contributed by atoms with Crippen molar-refractivity contribution in [1.82, 2.24) is 0 Å².